The van der Waals surface area contributed by atoms with Crippen LogP contribution in [-0.2, 0) is 11.3 Å². The quantitative estimate of drug-likeness (QED) is 0.564. The zero-order chi connectivity index (χ0) is 19.2. The number of thioether (sulfide) groups is 1. The predicted octanol–water partition coefficient (Wildman–Crippen LogP) is 4.64. The molecule has 140 valence electrons. The molecule has 0 bridgehead atoms. The Morgan fingerprint density at radius 2 is 1.81 bits per heavy atom. The lowest BCUT2D eigenvalue weighted by atomic mass is 10.1. The van der Waals surface area contributed by atoms with E-state index in [4.69, 9.17) is 0 Å². The second-order valence-electron chi connectivity index (χ2n) is 6.07. The van der Waals surface area contributed by atoms with Crippen LogP contribution in [0.5, 0.6) is 0 Å². The minimum Gasteiger partial charge on any atom is -0.356 e. The second-order valence-corrected chi connectivity index (χ2v) is 8.27. The van der Waals surface area contributed by atoms with Gasteiger partial charge in [-0.15, -0.1) is 10.2 Å². The third-order valence-corrected chi connectivity index (χ3v) is 5.61. The molecule has 2 N–H and O–H groups in total. The topological polar surface area (TPSA) is 66.9 Å². The zero-order valence-electron chi connectivity index (χ0n) is 15.0. The molecule has 0 saturated carbocycles. The fraction of sp³-hybridized carbons (Fsp3) is 0.211. The number of hydrogen-bond acceptors (Lipinski definition) is 6. The molecule has 0 radical (unpaired) electrons. The zero-order valence-corrected chi connectivity index (χ0v) is 16.6. The van der Waals surface area contributed by atoms with Crippen molar-refractivity contribution in [3.05, 3.63) is 65.0 Å². The van der Waals surface area contributed by atoms with Crippen molar-refractivity contribution in [2.75, 3.05) is 16.4 Å². The molecule has 0 fully saturated rings. The summed E-state index contributed by atoms with van der Waals surface area (Å²) in [6, 6.07) is 12.2. The highest BCUT2D eigenvalue weighted by Gasteiger charge is 2.09. The molecule has 0 spiro atoms. The van der Waals surface area contributed by atoms with Crippen LogP contribution in [0.3, 0.4) is 0 Å². The maximum atomic E-state index is 12.9. The summed E-state index contributed by atoms with van der Waals surface area (Å²) in [7, 11) is 0. The Morgan fingerprint density at radius 3 is 2.52 bits per heavy atom. The van der Waals surface area contributed by atoms with Gasteiger partial charge in [-0.05, 0) is 54.8 Å². The Hall–Kier alpha value is -2.45. The molecule has 5 nitrogen and oxygen atoms in total. The molecule has 8 heteroatoms. The van der Waals surface area contributed by atoms with E-state index in [1.807, 2.05) is 26.0 Å². The lowest BCUT2D eigenvalue weighted by Crippen LogP contribution is -2.14. The normalized spacial score (nSPS) is 10.6. The van der Waals surface area contributed by atoms with Crippen molar-refractivity contribution in [2.24, 2.45) is 0 Å². The van der Waals surface area contributed by atoms with Crippen molar-refractivity contribution in [1.82, 2.24) is 10.2 Å². The first-order valence-electron chi connectivity index (χ1n) is 8.31. The number of carbonyl (C=O) groups is 1. The smallest absolute Gasteiger partial charge is 0.234 e. The van der Waals surface area contributed by atoms with E-state index in [-0.39, 0.29) is 17.5 Å². The summed E-state index contributed by atoms with van der Waals surface area (Å²) in [5.41, 5.74) is 3.98. The average molecular weight is 403 g/mol. The number of aryl methyl sites for hydroxylation is 2. The maximum Gasteiger partial charge on any atom is 0.234 e. The largest absolute Gasteiger partial charge is 0.356 e. The number of carbonyl (C=O) groups excluding carboxylic acids is 1. The molecule has 1 heterocycles. The van der Waals surface area contributed by atoms with Crippen LogP contribution in [0, 0.1) is 19.7 Å². The number of aromatic nitrogens is 2. The third-order valence-electron chi connectivity index (χ3n) is 3.60. The molecule has 0 aliphatic heterocycles. The number of nitrogens with zero attached hydrogens (tertiary/aromatic N) is 2. The van der Waals surface area contributed by atoms with Crippen molar-refractivity contribution in [1.29, 1.82) is 0 Å². The van der Waals surface area contributed by atoms with E-state index in [1.165, 1.54) is 35.2 Å². The molecule has 3 rings (SSSR count). The van der Waals surface area contributed by atoms with Gasteiger partial charge in [0, 0.05) is 12.2 Å². The van der Waals surface area contributed by atoms with Crippen LogP contribution in [-0.4, -0.2) is 21.9 Å². The van der Waals surface area contributed by atoms with Crippen molar-refractivity contribution in [3.8, 4) is 0 Å². The summed E-state index contributed by atoms with van der Waals surface area (Å²) in [6.07, 6.45) is 0. The average Bonchev–Trinajstić information content (AvgIpc) is 3.06. The number of anilines is 2. The van der Waals surface area contributed by atoms with E-state index in [2.05, 4.69) is 26.9 Å². The van der Waals surface area contributed by atoms with E-state index in [0.29, 0.717) is 16.0 Å². The van der Waals surface area contributed by atoms with Gasteiger partial charge in [0.1, 0.15) is 5.82 Å². The summed E-state index contributed by atoms with van der Waals surface area (Å²) >= 11 is 2.73. The molecule has 0 unspecified atom stereocenters. The highest BCUT2D eigenvalue weighted by atomic mass is 32.2. The number of amides is 1. The van der Waals surface area contributed by atoms with Crippen molar-refractivity contribution in [2.45, 2.75) is 24.7 Å². The molecule has 0 aliphatic carbocycles. The molecule has 2 aromatic carbocycles. The van der Waals surface area contributed by atoms with Crippen molar-refractivity contribution in [3.63, 3.8) is 0 Å². The fourth-order valence-electron chi connectivity index (χ4n) is 2.49. The summed E-state index contributed by atoms with van der Waals surface area (Å²) in [5.74, 6) is -0.0759. The summed E-state index contributed by atoms with van der Waals surface area (Å²) < 4.78 is 13.6. The Balaban J connectivity index is 1.47. The van der Waals surface area contributed by atoms with E-state index >= 15 is 0 Å². The molecule has 27 heavy (non-hydrogen) atoms. The predicted molar refractivity (Wildman–Crippen MR) is 109 cm³/mol. The van der Waals surface area contributed by atoms with Crippen LogP contribution in [0.15, 0.2) is 46.8 Å². The van der Waals surface area contributed by atoms with E-state index in [9.17, 15) is 9.18 Å². The molecule has 3 aromatic rings. The molecule has 1 amide bonds. The molecule has 0 aliphatic rings. The van der Waals surface area contributed by atoms with Gasteiger partial charge in [0.25, 0.3) is 0 Å². The van der Waals surface area contributed by atoms with Gasteiger partial charge in [0.2, 0.25) is 11.0 Å². The van der Waals surface area contributed by atoms with Crippen LogP contribution >= 0.6 is 23.1 Å². The summed E-state index contributed by atoms with van der Waals surface area (Å²) in [6.45, 7) is 4.53. The van der Waals surface area contributed by atoms with Crippen LogP contribution in [0.4, 0.5) is 15.2 Å². The Labute approximate surface area is 165 Å². The van der Waals surface area contributed by atoms with Crippen LogP contribution < -0.4 is 10.6 Å². The first kappa shape index (κ1) is 19.3. The minimum absolute atomic E-state index is 0.0824. The van der Waals surface area contributed by atoms with Gasteiger partial charge < -0.3 is 10.6 Å². The van der Waals surface area contributed by atoms with E-state index < -0.39 is 0 Å². The molecular weight excluding hydrogens is 383 g/mol. The number of hydrogen-bond donors (Lipinski definition) is 2. The fourth-order valence-corrected chi connectivity index (χ4v) is 4.04. The molecule has 0 atom stereocenters. The lowest BCUT2D eigenvalue weighted by molar-refractivity contribution is -0.113. The third kappa shape index (κ3) is 6.04. The monoisotopic (exact) mass is 402 g/mol. The van der Waals surface area contributed by atoms with Crippen LogP contribution in [0.25, 0.3) is 0 Å². The number of rotatable bonds is 7. The minimum atomic E-state index is -0.257. The Morgan fingerprint density at radius 1 is 1.11 bits per heavy atom. The molecule has 0 saturated heterocycles. The highest BCUT2D eigenvalue weighted by Crippen LogP contribution is 2.26. The number of halogens is 1. The van der Waals surface area contributed by atoms with Gasteiger partial charge in [-0.2, -0.15) is 0 Å². The number of benzene rings is 2. The van der Waals surface area contributed by atoms with E-state index in [0.717, 1.165) is 22.4 Å². The van der Waals surface area contributed by atoms with Gasteiger partial charge in [0.15, 0.2) is 4.34 Å². The highest BCUT2D eigenvalue weighted by molar-refractivity contribution is 8.01. The van der Waals surface area contributed by atoms with Gasteiger partial charge in [0.05, 0.1) is 5.75 Å². The summed E-state index contributed by atoms with van der Waals surface area (Å²) in [5, 5.41) is 14.9. The number of nitrogens with one attached hydrogen (secondary N) is 2. The van der Waals surface area contributed by atoms with Gasteiger partial charge >= 0.3 is 0 Å². The van der Waals surface area contributed by atoms with Crippen LogP contribution in [0.2, 0.25) is 0 Å². The van der Waals surface area contributed by atoms with Crippen molar-refractivity contribution >= 4 is 39.8 Å². The SMILES string of the molecule is Cc1cc(C)cc(NC(=O)CSc2nnc(NCc3ccc(F)cc3)s2)c1. The van der Waals surface area contributed by atoms with Gasteiger partial charge in [-0.1, -0.05) is 41.3 Å². The summed E-state index contributed by atoms with van der Waals surface area (Å²) in [4.78, 5) is 12.1. The molecular formula is C19H19FN4OS2. The van der Waals surface area contributed by atoms with Gasteiger partial charge in [-0.25, -0.2) is 4.39 Å². The molecule has 1 aromatic heterocycles. The van der Waals surface area contributed by atoms with Crippen LogP contribution in [0.1, 0.15) is 16.7 Å². The van der Waals surface area contributed by atoms with E-state index in [1.54, 1.807) is 12.1 Å². The van der Waals surface area contributed by atoms with Crippen molar-refractivity contribution < 1.29 is 9.18 Å². The first-order valence-corrected chi connectivity index (χ1v) is 10.1. The second kappa shape index (κ2) is 8.96. The van der Waals surface area contributed by atoms with Gasteiger partial charge in [-0.3, -0.25) is 4.79 Å². The Bertz CT molecular complexity index is 907. The lowest BCUT2D eigenvalue weighted by Gasteiger charge is -2.06. The first-order chi connectivity index (χ1) is 13.0. The standard InChI is InChI=1S/C19H19FN4OS2/c1-12-7-13(2)9-16(8-12)22-17(25)11-26-19-24-23-18(27-19)21-10-14-3-5-15(20)6-4-14/h3-9H,10-11H2,1-2H3,(H,21,23)(H,22,25). The maximum absolute atomic E-state index is 12.9. The Kier molecular flexibility index (Phi) is 6.41.